The highest BCUT2D eigenvalue weighted by molar-refractivity contribution is 7.92. The van der Waals surface area contributed by atoms with Crippen LogP contribution in [0.2, 0.25) is 0 Å². The highest BCUT2D eigenvalue weighted by Gasteiger charge is 2.31. The largest absolute Gasteiger partial charge is 0.354 e. The second kappa shape index (κ2) is 14.7. The lowest BCUT2D eigenvalue weighted by Crippen LogP contribution is -2.51. The summed E-state index contributed by atoms with van der Waals surface area (Å²) in [6, 6.07) is 19.5. The summed E-state index contributed by atoms with van der Waals surface area (Å²) >= 11 is 0. The van der Waals surface area contributed by atoms with E-state index in [0.29, 0.717) is 6.54 Å². The van der Waals surface area contributed by atoms with Crippen LogP contribution in [0.1, 0.15) is 37.8 Å². The first-order valence-corrected chi connectivity index (χ1v) is 15.4. The first kappa shape index (κ1) is 31.7. The van der Waals surface area contributed by atoms with Crippen LogP contribution in [0.15, 0.2) is 78.9 Å². The number of hydrogen-bond acceptors (Lipinski definition) is 4. The van der Waals surface area contributed by atoms with Crippen molar-refractivity contribution in [2.45, 2.75) is 45.7 Å². The minimum absolute atomic E-state index is 0.0351. The van der Waals surface area contributed by atoms with Gasteiger partial charge in [-0.3, -0.25) is 13.9 Å². The number of amides is 2. The van der Waals surface area contributed by atoms with E-state index in [4.69, 9.17) is 0 Å². The first-order valence-electron chi connectivity index (χ1n) is 13.5. The molecule has 0 aliphatic rings. The lowest BCUT2D eigenvalue weighted by molar-refractivity contribution is -0.141. The number of carbonyl (C=O) groups excluding carboxylic acids is 2. The summed E-state index contributed by atoms with van der Waals surface area (Å²) in [6.07, 6.45) is 1.29. The third kappa shape index (κ3) is 9.67. The van der Waals surface area contributed by atoms with Gasteiger partial charge in [0.25, 0.3) is 0 Å². The molecular formula is C31H37F2N3O4S. The van der Waals surface area contributed by atoms with E-state index in [-0.39, 0.29) is 55.4 Å². The Bertz CT molecular complexity index is 1400. The summed E-state index contributed by atoms with van der Waals surface area (Å²) in [5.74, 6) is -1.58. The predicted octanol–water partition coefficient (Wildman–Crippen LogP) is 4.92. The van der Waals surface area contributed by atoms with Crippen LogP contribution in [0.25, 0.3) is 0 Å². The number of carbonyl (C=O) groups is 2. The lowest BCUT2D eigenvalue weighted by Gasteiger charge is -2.32. The Morgan fingerprint density at radius 2 is 1.54 bits per heavy atom. The van der Waals surface area contributed by atoms with E-state index in [1.165, 1.54) is 35.2 Å². The van der Waals surface area contributed by atoms with Crippen molar-refractivity contribution in [2.24, 2.45) is 5.92 Å². The number of benzene rings is 3. The molecule has 0 aromatic heterocycles. The molecule has 0 radical (unpaired) electrons. The topological polar surface area (TPSA) is 86.8 Å². The van der Waals surface area contributed by atoms with Crippen molar-refractivity contribution in [1.82, 2.24) is 10.2 Å². The molecule has 0 heterocycles. The van der Waals surface area contributed by atoms with E-state index in [9.17, 15) is 26.8 Å². The minimum atomic E-state index is -3.72. The number of sulfonamides is 1. The van der Waals surface area contributed by atoms with Gasteiger partial charge in [0.1, 0.15) is 17.7 Å². The van der Waals surface area contributed by atoms with Gasteiger partial charge < -0.3 is 10.2 Å². The minimum Gasteiger partial charge on any atom is -0.354 e. The molecule has 10 heteroatoms. The van der Waals surface area contributed by atoms with E-state index in [2.05, 4.69) is 5.32 Å². The zero-order chi connectivity index (χ0) is 30.0. The molecule has 3 aromatic carbocycles. The van der Waals surface area contributed by atoms with Gasteiger partial charge >= 0.3 is 0 Å². The number of nitrogens with one attached hydrogen (secondary N) is 1. The SMILES string of the molecule is CC(C)CNC(=O)C(Cc1ccccc1)N(Cc1ccccc1F)C(=O)CCCN(c1ccc(F)cc1)S(C)(=O)=O. The standard InChI is InChI=1S/C31H37F2N3O4S/c1-23(2)21-34-31(38)29(20-24-10-5-4-6-11-24)35(22-25-12-7-8-13-28(25)33)30(37)14-9-19-36(41(3,39)40)27-17-15-26(32)16-18-27/h4-8,10-13,15-18,23,29H,9,14,19-22H2,1-3H3,(H,34,38). The molecule has 0 bridgehead atoms. The Kier molecular flexibility index (Phi) is 11.4. The fraction of sp³-hybridized carbons (Fsp3) is 0.355. The molecule has 1 unspecified atom stereocenters. The molecule has 3 aromatic rings. The van der Waals surface area contributed by atoms with Crippen molar-refractivity contribution in [3.05, 3.63) is 102 Å². The highest BCUT2D eigenvalue weighted by Crippen LogP contribution is 2.21. The molecule has 0 spiro atoms. The third-order valence-electron chi connectivity index (χ3n) is 6.52. The van der Waals surface area contributed by atoms with Crippen molar-refractivity contribution >= 4 is 27.5 Å². The second-order valence-electron chi connectivity index (χ2n) is 10.4. The summed E-state index contributed by atoms with van der Waals surface area (Å²) in [5, 5.41) is 2.91. The van der Waals surface area contributed by atoms with Crippen LogP contribution in [0.3, 0.4) is 0 Å². The average Bonchev–Trinajstić information content (AvgIpc) is 2.93. The number of nitrogens with zero attached hydrogens (tertiary/aromatic N) is 2. The monoisotopic (exact) mass is 585 g/mol. The van der Waals surface area contributed by atoms with Gasteiger partial charge in [-0.2, -0.15) is 0 Å². The van der Waals surface area contributed by atoms with Gasteiger partial charge in [-0.05, 0) is 48.2 Å². The van der Waals surface area contributed by atoms with Gasteiger partial charge in [-0.1, -0.05) is 62.4 Å². The number of anilines is 1. The smallest absolute Gasteiger partial charge is 0.243 e. The van der Waals surface area contributed by atoms with E-state index >= 15 is 0 Å². The molecule has 0 fully saturated rings. The van der Waals surface area contributed by atoms with Crippen molar-refractivity contribution < 1.29 is 26.8 Å². The quantitative estimate of drug-likeness (QED) is 0.291. The maximum atomic E-state index is 14.7. The fourth-order valence-corrected chi connectivity index (χ4v) is 5.36. The molecule has 0 aliphatic carbocycles. The van der Waals surface area contributed by atoms with Crippen molar-refractivity contribution in [2.75, 3.05) is 23.7 Å². The molecule has 0 aliphatic heterocycles. The molecule has 0 saturated carbocycles. The van der Waals surface area contributed by atoms with Gasteiger partial charge in [-0.15, -0.1) is 0 Å². The Labute approximate surface area is 241 Å². The number of rotatable bonds is 14. The summed E-state index contributed by atoms with van der Waals surface area (Å²) in [6.45, 7) is 4.16. The van der Waals surface area contributed by atoms with Gasteiger partial charge in [-0.25, -0.2) is 17.2 Å². The van der Waals surface area contributed by atoms with Crippen molar-refractivity contribution in [1.29, 1.82) is 0 Å². The Morgan fingerprint density at radius 3 is 2.15 bits per heavy atom. The summed E-state index contributed by atoms with van der Waals surface area (Å²) < 4.78 is 54.2. The van der Waals surface area contributed by atoms with Gasteiger partial charge in [0.05, 0.1) is 11.9 Å². The zero-order valence-corrected chi connectivity index (χ0v) is 24.4. The molecular weight excluding hydrogens is 548 g/mol. The van der Waals surface area contributed by atoms with Gasteiger partial charge in [0.2, 0.25) is 21.8 Å². The summed E-state index contributed by atoms with van der Waals surface area (Å²) in [4.78, 5) is 28.6. The molecule has 1 N–H and O–H groups in total. The number of halogens is 2. The van der Waals surface area contributed by atoms with Crippen LogP contribution in [-0.4, -0.2) is 50.5 Å². The van der Waals surface area contributed by atoms with E-state index in [0.717, 1.165) is 16.1 Å². The Hall–Kier alpha value is -3.79. The fourth-order valence-electron chi connectivity index (χ4n) is 4.40. The highest BCUT2D eigenvalue weighted by atomic mass is 32.2. The van der Waals surface area contributed by atoms with Gasteiger partial charge in [0, 0.05) is 38.0 Å². The van der Waals surface area contributed by atoms with E-state index in [1.54, 1.807) is 18.2 Å². The predicted molar refractivity (Wildman–Crippen MR) is 157 cm³/mol. The average molecular weight is 586 g/mol. The Balaban J connectivity index is 1.88. The maximum Gasteiger partial charge on any atom is 0.243 e. The molecule has 2 amide bonds. The molecule has 7 nitrogen and oxygen atoms in total. The van der Waals surface area contributed by atoms with Crippen LogP contribution in [0.5, 0.6) is 0 Å². The van der Waals surface area contributed by atoms with E-state index < -0.39 is 33.6 Å². The first-order chi connectivity index (χ1) is 19.5. The maximum absolute atomic E-state index is 14.7. The van der Waals surface area contributed by atoms with E-state index in [1.807, 2.05) is 44.2 Å². The van der Waals surface area contributed by atoms with Crippen LogP contribution in [0.4, 0.5) is 14.5 Å². The molecule has 1 atom stereocenters. The van der Waals surface area contributed by atoms with Crippen LogP contribution < -0.4 is 9.62 Å². The zero-order valence-electron chi connectivity index (χ0n) is 23.6. The number of hydrogen-bond donors (Lipinski definition) is 1. The van der Waals surface area contributed by atoms with Crippen LogP contribution >= 0.6 is 0 Å². The summed E-state index contributed by atoms with van der Waals surface area (Å²) in [5.41, 5.74) is 1.38. The van der Waals surface area contributed by atoms with Gasteiger partial charge in [0.15, 0.2) is 0 Å². The van der Waals surface area contributed by atoms with Crippen molar-refractivity contribution in [3.8, 4) is 0 Å². The summed E-state index contributed by atoms with van der Waals surface area (Å²) in [7, 11) is -3.72. The molecule has 41 heavy (non-hydrogen) atoms. The van der Waals surface area contributed by atoms with Crippen molar-refractivity contribution in [3.63, 3.8) is 0 Å². The Morgan fingerprint density at radius 1 is 0.902 bits per heavy atom. The molecule has 0 saturated heterocycles. The third-order valence-corrected chi connectivity index (χ3v) is 7.72. The molecule has 220 valence electrons. The molecule has 3 rings (SSSR count). The van der Waals surface area contributed by atoms with Crippen LogP contribution in [-0.2, 0) is 32.6 Å². The lowest BCUT2D eigenvalue weighted by atomic mass is 10.0. The van der Waals surface area contributed by atoms with Crippen LogP contribution in [0, 0.1) is 17.6 Å². The second-order valence-corrected chi connectivity index (χ2v) is 12.3. The normalized spacial score (nSPS) is 12.1.